The van der Waals surface area contributed by atoms with Gasteiger partial charge in [-0.15, -0.1) is 0 Å². The minimum Gasteiger partial charge on any atom is -0.382 e. The molecule has 2 rings (SSSR count). The Kier molecular flexibility index (Phi) is 4.46. The number of rotatable bonds is 4. The first kappa shape index (κ1) is 14.6. The maximum absolute atomic E-state index is 11.2. The summed E-state index contributed by atoms with van der Waals surface area (Å²) in [6.07, 6.45) is 0. The monoisotopic (exact) mass is 355 g/mol. The average Bonchev–Trinajstić information content (AvgIpc) is 2.42. The van der Waals surface area contributed by atoms with Crippen molar-refractivity contribution in [3.8, 4) is 0 Å². The molecule has 0 radical (unpaired) electrons. The normalized spacial score (nSPS) is 10.2. The van der Waals surface area contributed by atoms with Gasteiger partial charge >= 0.3 is 5.69 Å². The third kappa shape index (κ3) is 3.02. The molecule has 5 nitrogen and oxygen atoms in total. The van der Waals surface area contributed by atoms with Crippen molar-refractivity contribution in [2.45, 2.75) is 0 Å². The summed E-state index contributed by atoms with van der Waals surface area (Å²) in [5.41, 5.74) is 1.39. The number of nitrogens with one attached hydrogen (secondary N) is 2. The van der Waals surface area contributed by atoms with Crippen molar-refractivity contribution in [1.82, 2.24) is 0 Å². The minimum atomic E-state index is -0.430. The van der Waals surface area contributed by atoms with Crippen molar-refractivity contribution in [3.05, 3.63) is 56.0 Å². The largest absolute Gasteiger partial charge is 0.382 e. The molecule has 0 aliphatic rings. The Morgan fingerprint density at radius 2 is 1.90 bits per heavy atom. The van der Waals surface area contributed by atoms with Crippen LogP contribution < -0.4 is 10.6 Å². The maximum Gasteiger partial charge on any atom is 0.315 e. The smallest absolute Gasteiger partial charge is 0.315 e. The van der Waals surface area contributed by atoms with Gasteiger partial charge in [0.15, 0.2) is 0 Å². The molecule has 0 spiro atoms. The van der Waals surface area contributed by atoms with Gasteiger partial charge in [-0.25, -0.2) is 0 Å². The van der Waals surface area contributed by atoms with Crippen LogP contribution in [0.2, 0.25) is 5.02 Å². The number of nitro benzene ring substituents is 1. The van der Waals surface area contributed by atoms with E-state index in [0.717, 1.165) is 4.47 Å². The van der Waals surface area contributed by atoms with Crippen LogP contribution in [0.1, 0.15) is 0 Å². The number of hydrogen-bond donors (Lipinski definition) is 2. The molecule has 0 bridgehead atoms. The summed E-state index contributed by atoms with van der Waals surface area (Å²) in [6.45, 7) is 0. The molecule has 7 heteroatoms. The van der Waals surface area contributed by atoms with Crippen molar-refractivity contribution in [2.75, 3.05) is 17.7 Å². The molecular formula is C13H11BrClN3O2. The molecule has 0 amide bonds. The van der Waals surface area contributed by atoms with Gasteiger partial charge in [-0.3, -0.25) is 10.1 Å². The molecule has 0 saturated heterocycles. The summed E-state index contributed by atoms with van der Waals surface area (Å²) >= 11 is 9.42. The molecule has 0 aliphatic carbocycles. The zero-order chi connectivity index (χ0) is 14.7. The van der Waals surface area contributed by atoms with Crippen molar-refractivity contribution < 1.29 is 4.92 Å². The third-order valence-electron chi connectivity index (χ3n) is 2.69. The highest BCUT2D eigenvalue weighted by Gasteiger charge is 2.19. The number of halogens is 2. The molecule has 2 N–H and O–H groups in total. The maximum atomic E-state index is 11.2. The highest BCUT2D eigenvalue weighted by Crippen LogP contribution is 2.36. The van der Waals surface area contributed by atoms with Crippen LogP contribution in [-0.2, 0) is 0 Å². The fourth-order valence-corrected chi connectivity index (χ4v) is 2.31. The lowest BCUT2D eigenvalue weighted by Gasteiger charge is -2.11. The van der Waals surface area contributed by atoms with Crippen LogP contribution >= 0.6 is 27.5 Å². The summed E-state index contributed by atoms with van der Waals surface area (Å²) in [4.78, 5) is 10.8. The molecule has 104 valence electrons. The van der Waals surface area contributed by atoms with E-state index in [4.69, 9.17) is 11.6 Å². The second kappa shape index (κ2) is 6.11. The zero-order valence-corrected chi connectivity index (χ0v) is 12.8. The van der Waals surface area contributed by atoms with Crippen molar-refractivity contribution >= 4 is 50.3 Å². The highest BCUT2D eigenvalue weighted by atomic mass is 79.9. The summed E-state index contributed by atoms with van der Waals surface area (Å²) in [5.74, 6) is 0. The van der Waals surface area contributed by atoms with Crippen LogP contribution in [-0.4, -0.2) is 12.0 Å². The fourth-order valence-electron chi connectivity index (χ4n) is 1.78. The van der Waals surface area contributed by atoms with E-state index in [0.29, 0.717) is 22.1 Å². The first-order valence-electron chi connectivity index (χ1n) is 5.70. The van der Waals surface area contributed by atoms with Crippen LogP contribution in [0.3, 0.4) is 0 Å². The van der Waals surface area contributed by atoms with Gasteiger partial charge in [0.2, 0.25) is 0 Å². The fraction of sp³-hybridized carbons (Fsp3) is 0.0769. The van der Waals surface area contributed by atoms with E-state index in [2.05, 4.69) is 26.6 Å². The predicted octanol–water partition coefficient (Wildman–Crippen LogP) is 4.80. The zero-order valence-electron chi connectivity index (χ0n) is 10.5. The van der Waals surface area contributed by atoms with Gasteiger partial charge in [0.1, 0.15) is 11.4 Å². The summed E-state index contributed by atoms with van der Waals surface area (Å²) < 4.78 is 0.830. The number of benzene rings is 2. The van der Waals surface area contributed by atoms with Gasteiger partial charge in [-0.2, -0.15) is 0 Å². The highest BCUT2D eigenvalue weighted by molar-refractivity contribution is 9.10. The molecule has 0 unspecified atom stereocenters. The van der Waals surface area contributed by atoms with E-state index in [9.17, 15) is 10.1 Å². The second-order valence-electron chi connectivity index (χ2n) is 3.96. The van der Waals surface area contributed by atoms with E-state index in [1.54, 1.807) is 43.4 Å². The van der Waals surface area contributed by atoms with Gasteiger partial charge in [-0.05, 0) is 30.3 Å². The Bertz CT molecular complexity index is 664. The molecule has 0 aliphatic heterocycles. The molecule has 0 heterocycles. The number of nitrogens with zero attached hydrogens (tertiary/aromatic N) is 1. The van der Waals surface area contributed by atoms with E-state index < -0.39 is 4.92 Å². The second-order valence-corrected chi connectivity index (χ2v) is 5.28. The van der Waals surface area contributed by atoms with Crippen molar-refractivity contribution in [3.63, 3.8) is 0 Å². The van der Waals surface area contributed by atoms with Gasteiger partial charge in [-0.1, -0.05) is 33.6 Å². The topological polar surface area (TPSA) is 67.2 Å². The molecule has 0 atom stereocenters. The Labute approximate surface area is 129 Å². The van der Waals surface area contributed by atoms with Crippen molar-refractivity contribution in [2.24, 2.45) is 0 Å². The van der Waals surface area contributed by atoms with E-state index >= 15 is 0 Å². The number of para-hydroxylation sites is 1. The number of anilines is 3. The van der Waals surface area contributed by atoms with Crippen LogP contribution in [0.25, 0.3) is 0 Å². The lowest BCUT2D eigenvalue weighted by molar-refractivity contribution is -0.383. The van der Waals surface area contributed by atoms with Crippen molar-refractivity contribution in [1.29, 1.82) is 0 Å². The minimum absolute atomic E-state index is 0.0222. The Morgan fingerprint density at radius 3 is 2.55 bits per heavy atom. The van der Waals surface area contributed by atoms with Gasteiger partial charge in [0, 0.05) is 11.5 Å². The van der Waals surface area contributed by atoms with E-state index in [1.165, 1.54) is 0 Å². The average molecular weight is 357 g/mol. The SMILES string of the molecule is CNc1cccc(Nc2cc(Br)ccc2Cl)c1[N+](=O)[O-]. The van der Waals surface area contributed by atoms with Gasteiger partial charge in [0.05, 0.1) is 15.6 Å². The molecule has 2 aromatic rings. The first-order chi connectivity index (χ1) is 9.52. The lowest BCUT2D eigenvalue weighted by Crippen LogP contribution is -2.01. The lowest BCUT2D eigenvalue weighted by atomic mass is 10.2. The summed E-state index contributed by atoms with van der Waals surface area (Å²) in [5, 5.41) is 17.5. The van der Waals surface area contributed by atoms with Crippen LogP contribution in [0, 0.1) is 10.1 Å². The first-order valence-corrected chi connectivity index (χ1v) is 6.87. The molecule has 2 aromatic carbocycles. The Balaban J connectivity index is 2.48. The molecule has 0 fully saturated rings. The summed E-state index contributed by atoms with van der Waals surface area (Å²) in [6, 6.07) is 10.3. The number of hydrogen-bond acceptors (Lipinski definition) is 4. The Hall–Kier alpha value is -1.79. The van der Waals surface area contributed by atoms with E-state index in [1.807, 2.05) is 0 Å². The third-order valence-corrected chi connectivity index (χ3v) is 3.51. The molecule has 20 heavy (non-hydrogen) atoms. The van der Waals surface area contributed by atoms with Crippen LogP contribution in [0.5, 0.6) is 0 Å². The Morgan fingerprint density at radius 1 is 1.20 bits per heavy atom. The summed E-state index contributed by atoms with van der Waals surface area (Å²) in [7, 11) is 1.64. The molecule has 0 saturated carbocycles. The molecular weight excluding hydrogens is 346 g/mol. The van der Waals surface area contributed by atoms with E-state index in [-0.39, 0.29) is 5.69 Å². The standard InChI is InChI=1S/C13H11BrClN3O2/c1-16-10-3-2-4-11(13(10)18(19)20)17-12-7-8(14)5-6-9(12)15/h2-7,16-17H,1H3. The molecule has 0 aromatic heterocycles. The van der Waals surface area contributed by atoms with Gasteiger partial charge in [0.25, 0.3) is 0 Å². The predicted molar refractivity (Wildman–Crippen MR) is 85.1 cm³/mol. The van der Waals surface area contributed by atoms with Crippen LogP contribution in [0.15, 0.2) is 40.9 Å². The quantitative estimate of drug-likeness (QED) is 0.610. The van der Waals surface area contributed by atoms with Crippen LogP contribution in [0.4, 0.5) is 22.7 Å². The number of nitro groups is 1. The van der Waals surface area contributed by atoms with Gasteiger partial charge < -0.3 is 10.6 Å².